The average Bonchev–Trinajstić information content (AvgIpc) is 1.67. The highest BCUT2D eigenvalue weighted by atomic mass is 14.7. The van der Waals surface area contributed by atoms with Crippen LogP contribution in [0.3, 0.4) is 0 Å². The summed E-state index contributed by atoms with van der Waals surface area (Å²) in [6, 6.07) is -0.0620. The summed E-state index contributed by atoms with van der Waals surface area (Å²) in [5.74, 6) is 0. The maximum atomic E-state index is 5.39. The lowest BCUT2D eigenvalue weighted by Gasteiger charge is -2.01. The molecule has 0 aliphatic heterocycles. The topological polar surface area (TPSA) is 52.0 Å². The normalized spacial score (nSPS) is 15.5. The molecule has 0 heterocycles. The highest BCUT2D eigenvalue weighted by Gasteiger charge is 1.92. The summed E-state index contributed by atoms with van der Waals surface area (Å²) in [7, 11) is 0. The summed E-state index contributed by atoms with van der Waals surface area (Å²) in [5.41, 5.74) is 11.4. The van der Waals surface area contributed by atoms with E-state index in [0.717, 1.165) is 0 Å². The van der Waals surface area contributed by atoms with Gasteiger partial charge in [0.2, 0.25) is 0 Å². The number of allylic oxidation sites excluding steroid dienone is 2. The van der Waals surface area contributed by atoms with Gasteiger partial charge in [-0.1, -0.05) is 12.7 Å². The van der Waals surface area contributed by atoms with Crippen LogP contribution in [0, 0.1) is 0 Å². The van der Waals surface area contributed by atoms with Crippen LogP contribution in [0.15, 0.2) is 24.4 Å². The smallest absolute Gasteiger partial charge is 0.0413 e. The van der Waals surface area contributed by atoms with E-state index in [1.165, 1.54) is 0 Å². The van der Waals surface area contributed by atoms with Crippen LogP contribution in [0.2, 0.25) is 0 Å². The lowest BCUT2D eigenvalue weighted by molar-refractivity contribution is 0.847. The molecule has 0 aromatic carbocycles. The third kappa shape index (κ3) is 2.42. The van der Waals surface area contributed by atoms with Crippen molar-refractivity contribution >= 4 is 0 Å². The first-order valence-electron chi connectivity index (χ1n) is 2.52. The van der Waals surface area contributed by atoms with E-state index in [1.807, 2.05) is 6.92 Å². The second kappa shape index (κ2) is 3.27. The molecule has 0 aromatic rings. The van der Waals surface area contributed by atoms with Gasteiger partial charge in [0.05, 0.1) is 0 Å². The summed E-state index contributed by atoms with van der Waals surface area (Å²) in [4.78, 5) is 0. The van der Waals surface area contributed by atoms with E-state index in [9.17, 15) is 0 Å². The van der Waals surface area contributed by atoms with E-state index in [4.69, 9.17) is 11.5 Å². The van der Waals surface area contributed by atoms with Crippen LogP contribution in [-0.2, 0) is 0 Å². The van der Waals surface area contributed by atoms with Gasteiger partial charge in [0.1, 0.15) is 0 Å². The van der Waals surface area contributed by atoms with Crippen molar-refractivity contribution in [1.82, 2.24) is 0 Å². The van der Waals surface area contributed by atoms with Crippen LogP contribution in [0.4, 0.5) is 0 Å². The Hall–Kier alpha value is -0.760. The predicted octanol–water partition coefficient (Wildman–Crippen LogP) is 0.362. The van der Waals surface area contributed by atoms with Gasteiger partial charge in [-0.2, -0.15) is 0 Å². The molecule has 0 saturated carbocycles. The van der Waals surface area contributed by atoms with Crippen molar-refractivity contribution in [3.05, 3.63) is 24.4 Å². The van der Waals surface area contributed by atoms with E-state index >= 15 is 0 Å². The molecule has 0 fully saturated rings. The zero-order valence-corrected chi connectivity index (χ0v) is 5.09. The molecule has 8 heavy (non-hydrogen) atoms. The third-order valence-electron chi connectivity index (χ3n) is 0.836. The van der Waals surface area contributed by atoms with Crippen LogP contribution in [0.25, 0.3) is 0 Å². The molecule has 0 radical (unpaired) electrons. The molecule has 0 aliphatic rings. The van der Waals surface area contributed by atoms with Crippen LogP contribution in [-0.4, -0.2) is 6.04 Å². The fraction of sp³-hybridized carbons (Fsp3) is 0.333. The SMILES string of the molecule is C=C/C=C(/N)C(C)N. The molecule has 0 saturated heterocycles. The summed E-state index contributed by atoms with van der Waals surface area (Å²) in [5, 5.41) is 0. The van der Waals surface area contributed by atoms with Gasteiger partial charge >= 0.3 is 0 Å². The van der Waals surface area contributed by atoms with Gasteiger partial charge in [0, 0.05) is 11.7 Å². The molecule has 0 aliphatic carbocycles. The van der Waals surface area contributed by atoms with Crippen LogP contribution in [0.5, 0.6) is 0 Å². The first-order chi connectivity index (χ1) is 3.68. The molecule has 46 valence electrons. The Morgan fingerprint density at radius 1 is 1.75 bits per heavy atom. The molecule has 0 amide bonds. The summed E-state index contributed by atoms with van der Waals surface area (Å²) in [6.07, 6.45) is 3.32. The molecule has 4 N–H and O–H groups in total. The lowest BCUT2D eigenvalue weighted by atomic mass is 10.2. The van der Waals surface area contributed by atoms with Crippen molar-refractivity contribution < 1.29 is 0 Å². The average molecular weight is 112 g/mol. The fourth-order valence-corrected chi connectivity index (χ4v) is 0.288. The van der Waals surface area contributed by atoms with Gasteiger partial charge in [0.25, 0.3) is 0 Å². The Bertz CT molecular complexity index is 103. The molecular formula is C6H12N2. The van der Waals surface area contributed by atoms with Crippen molar-refractivity contribution in [2.75, 3.05) is 0 Å². The Morgan fingerprint density at radius 3 is 2.38 bits per heavy atom. The Kier molecular flexibility index (Phi) is 2.96. The Balaban J connectivity index is 3.78. The number of rotatable bonds is 2. The minimum Gasteiger partial charge on any atom is -0.401 e. The Morgan fingerprint density at radius 2 is 2.25 bits per heavy atom. The van der Waals surface area contributed by atoms with Crippen LogP contribution in [0.1, 0.15) is 6.92 Å². The van der Waals surface area contributed by atoms with Crippen molar-refractivity contribution in [2.24, 2.45) is 11.5 Å². The predicted molar refractivity (Wildman–Crippen MR) is 36.1 cm³/mol. The largest absolute Gasteiger partial charge is 0.401 e. The summed E-state index contributed by atoms with van der Waals surface area (Å²) in [6.45, 7) is 5.30. The molecule has 2 nitrogen and oxygen atoms in total. The molecule has 2 heteroatoms. The van der Waals surface area contributed by atoms with E-state index in [0.29, 0.717) is 5.70 Å². The van der Waals surface area contributed by atoms with Crippen molar-refractivity contribution in [1.29, 1.82) is 0 Å². The maximum absolute atomic E-state index is 5.39. The molecule has 1 unspecified atom stereocenters. The maximum Gasteiger partial charge on any atom is 0.0413 e. The monoisotopic (exact) mass is 112 g/mol. The zero-order chi connectivity index (χ0) is 6.57. The van der Waals surface area contributed by atoms with Crippen LogP contribution < -0.4 is 11.5 Å². The summed E-state index contributed by atoms with van der Waals surface area (Å²) < 4.78 is 0. The van der Waals surface area contributed by atoms with Gasteiger partial charge in [-0.25, -0.2) is 0 Å². The van der Waals surface area contributed by atoms with E-state index in [-0.39, 0.29) is 6.04 Å². The Labute approximate surface area is 49.9 Å². The highest BCUT2D eigenvalue weighted by molar-refractivity contribution is 5.10. The molecular weight excluding hydrogens is 100 g/mol. The molecule has 1 atom stereocenters. The minimum atomic E-state index is -0.0620. The van der Waals surface area contributed by atoms with Gasteiger partial charge < -0.3 is 11.5 Å². The zero-order valence-electron chi connectivity index (χ0n) is 5.09. The third-order valence-corrected chi connectivity index (χ3v) is 0.836. The van der Waals surface area contributed by atoms with E-state index in [1.54, 1.807) is 12.2 Å². The second-order valence-electron chi connectivity index (χ2n) is 1.69. The summed E-state index contributed by atoms with van der Waals surface area (Å²) >= 11 is 0. The minimum absolute atomic E-state index is 0.0620. The van der Waals surface area contributed by atoms with Crippen molar-refractivity contribution in [3.63, 3.8) is 0 Å². The molecule has 0 rings (SSSR count). The standard InChI is InChI=1S/C6H12N2/c1-3-4-6(8)5(2)7/h3-5H,1,7-8H2,2H3/b6-4+. The highest BCUT2D eigenvalue weighted by Crippen LogP contribution is 1.87. The number of nitrogens with two attached hydrogens (primary N) is 2. The second-order valence-corrected chi connectivity index (χ2v) is 1.69. The van der Waals surface area contributed by atoms with Crippen molar-refractivity contribution in [3.8, 4) is 0 Å². The quantitative estimate of drug-likeness (QED) is 0.507. The number of hydrogen-bond donors (Lipinski definition) is 2. The van der Waals surface area contributed by atoms with E-state index in [2.05, 4.69) is 6.58 Å². The molecule has 0 bridgehead atoms. The molecule has 0 aromatic heterocycles. The first kappa shape index (κ1) is 7.24. The molecule has 0 spiro atoms. The van der Waals surface area contributed by atoms with Gasteiger partial charge in [-0.15, -0.1) is 0 Å². The van der Waals surface area contributed by atoms with Gasteiger partial charge in [0.15, 0.2) is 0 Å². The number of hydrogen-bond acceptors (Lipinski definition) is 2. The lowest BCUT2D eigenvalue weighted by Crippen LogP contribution is -2.23. The van der Waals surface area contributed by atoms with Crippen LogP contribution >= 0.6 is 0 Å². The fourth-order valence-electron chi connectivity index (χ4n) is 0.288. The first-order valence-corrected chi connectivity index (χ1v) is 2.52. The van der Waals surface area contributed by atoms with E-state index < -0.39 is 0 Å². The van der Waals surface area contributed by atoms with Gasteiger partial charge in [-0.3, -0.25) is 0 Å². The van der Waals surface area contributed by atoms with Gasteiger partial charge in [-0.05, 0) is 13.0 Å². The van der Waals surface area contributed by atoms with Crippen molar-refractivity contribution in [2.45, 2.75) is 13.0 Å².